The van der Waals surface area contributed by atoms with Crippen LogP contribution in [0, 0.1) is 0 Å². The molecule has 0 aromatic carbocycles. The van der Waals surface area contributed by atoms with Crippen LogP contribution < -0.4 is 16.4 Å². The topological polar surface area (TPSA) is 117 Å². The minimum atomic E-state index is -0.498. The highest BCUT2D eigenvalue weighted by molar-refractivity contribution is 5.93. The van der Waals surface area contributed by atoms with E-state index in [1.54, 1.807) is 19.3 Å². The van der Waals surface area contributed by atoms with Gasteiger partial charge in [0, 0.05) is 25.9 Å². The summed E-state index contributed by atoms with van der Waals surface area (Å²) in [6, 6.07) is 5.95. The molecule has 0 saturated heterocycles. The molecule has 25 heavy (non-hydrogen) atoms. The summed E-state index contributed by atoms with van der Waals surface area (Å²) in [5, 5.41) is 10.7. The van der Waals surface area contributed by atoms with Crippen LogP contribution in [0.1, 0.15) is 10.4 Å². The van der Waals surface area contributed by atoms with Gasteiger partial charge in [0.1, 0.15) is 18.2 Å². The number of hydrogen-bond donors (Lipinski definition) is 1. The first-order chi connectivity index (χ1) is 12.1. The zero-order chi connectivity index (χ0) is 17.8. The van der Waals surface area contributed by atoms with Gasteiger partial charge in [0.15, 0.2) is 5.82 Å². The zero-order valence-electron chi connectivity index (χ0n) is 13.4. The Hall–Kier alpha value is -3.56. The lowest BCUT2D eigenvalue weighted by Crippen LogP contribution is -2.35. The van der Waals surface area contributed by atoms with Gasteiger partial charge in [-0.1, -0.05) is 0 Å². The molecule has 1 N–H and O–H groups in total. The molecule has 0 radical (unpaired) electrons. The molecular formula is C15H15N7O3. The van der Waals surface area contributed by atoms with Crippen LogP contribution in [0.15, 0.2) is 52.7 Å². The average molecular weight is 341 g/mol. The lowest BCUT2D eigenvalue weighted by Gasteiger charge is -2.08. The molecule has 3 heterocycles. The highest BCUT2D eigenvalue weighted by atomic mass is 16.2. The molecule has 3 rings (SSSR count). The standard InChI is InChI=1S/C15H15N7O3/c1-20-7-2-3-11(15(20)25)14(24)17-6-8-21-13(23)5-4-12(19-21)22-10-16-9-18-22/h2-5,7,9-10H,6,8H2,1H3,(H,17,24). The smallest absolute Gasteiger partial charge is 0.266 e. The summed E-state index contributed by atoms with van der Waals surface area (Å²) in [4.78, 5) is 39.7. The number of aryl methyl sites for hydroxylation is 1. The van der Waals surface area contributed by atoms with Crippen LogP contribution in [0.5, 0.6) is 0 Å². The quantitative estimate of drug-likeness (QED) is 0.633. The molecule has 3 aromatic rings. The van der Waals surface area contributed by atoms with E-state index >= 15 is 0 Å². The highest BCUT2D eigenvalue weighted by Gasteiger charge is 2.10. The Morgan fingerprint density at radius 2 is 2.08 bits per heavy atom. The van der Waals surface area contributed by atoms with E-state index in [1.165, 1.54) is 44.8 Å². The molecule has 0 saturated carbocycles. The Balaban J connectivity index is 1.69. The number of nitrogens with zero attached hydrogens (tertiary/aromatic N) is 6. The van der Waals surface area contributed by atoms with Crippen LogP contribution in [0.3, 0.4) is 0 Å². The second kappa shape index (κ2) is 6.91. The van der Waals surface area contributed by atoms with Crippen molar-refractivity contribution in [2.75, 3.05) is 6.54 Å². The summed E-state index contributed by atoms with van der Waals surface area (Å²) in [6.45, 7) is 0.296. The van der Waals surface area contributed by atoms with Crippen molar-refractivity contribution in [2.24, 2.45) is 7.05 Å². The van der Waals surface area contributed by atoms with Gasteiger partial charge in [-0.25, -0.2) is 14.3 Å². The van der Waals surface area contributed by atoms with Crippen molar-refractivity contribution in [3.63, 3.8) is 0 Å². The van der Waals surface area contributed by atoms with Gasteiger partial charge >= 0.3 is 0 Å². The fraction of sp³-hybridized carbons (Fsp3) is 0.200. The van der Waals surface area contributed by atoms with E-state index in [1.807, 2.05) is 0 Å². The molecule has 0 aliphatic heterocycles. The maximum atomic E-state index is 12.1. The van der Waals surface area contributed by atoms with Crippen molar-refractivity contribution < 1.29 is 4.79 Å². The Morgan fingerprint density at radius 3 is 2.84 bits per heavy atom. The van der Waals surface area contributed by atoms with E-state index in [0.29, 0.717) is 5.82 Å². The van der Waals surface area contributed by atoms with Crippen molar-refractivity contribution in [3.05, 3.63) is 69.4 Å². The van der Waals surface area contributed by atoms with Crippen LogP contribution in [0.4, 0.5) is 0 Å². The molecule has 0 unspecified atom stereocenters. The van der Waals surface area contributed by atoms with Gasteiger partial charge in [0.2, 0.25) is 0 Å². The van der Waals surface area contributed by atoms with Crippen LogP contribution in [-0.4, -0.2) is 41.6 Å². The number of pyridine rings is 1. The number of nitrogens with one attached hydrogen (secondary N) is 1. The van der Waals surface area contributed by atoms with E-state index in [4.69, 9.17) is 0 Å². The van der Waals surface area contributed by atoms with E-state index < -0.39 is 5.91 Å². The number of rotatable bonds is 5. The number of aromatic nitrogens is 6. The van der Waals surface area contributed by atoms with Crippen molar-refractivity contribution in [1.29, 1.82) is 0 Å². The number of amides is 1. The normalized spacial score (nSPS) is 10.6. The van der Waals surface area contributed by atoms with Crippen molar-refractivity contribution in [1.82, 2.24) is 34.4 Å². The van der Waals surface area contributed by atoms with Gasteiger partial charge in [-0.2, -0.15) is 5.10 Å². The molecular weight excluding hydrogens is 326 g/mol. The second-order valence-electron chi connectivity index (χ2n) is 5.19. The van der Waals surface area contributed by atoms with Gasteiger partial charge in [-0.05, 0) is 18.2 Å². The summed E-state index contributed by atoms with van der Waals surface area (Å²) in [5.74, 6) is -0.0676. The van der Waals surface area contributed by atoms with E-state index in [9.17, 15) is 14.4 Å². The number of carbonyl (C=O) groups excluding carboxylic acids is 1. The summed E-state index contributed by atoms with van der Waals surface area (Å²) >= 11 is 0. The largest absolute Gasteiger partial charge is 0.350 e. The molecule has 10 nitrogen and oxygen atoms in total. The van der Waals surface area contributed by atoms with E-state index in [-0.39, 0.29) is 29.8 Å². The Morgan fingerprint density at radius 1 is 1.24 bits per heavy atom. The first-order valence-corrected chi connectivity index (χ1v) is 7.43. The van der Waals surface area contributed by atoms with E-state index in [0.717, 1.165) is 0 Å². The molecule has 0 atom stereocenters. The molecule has 0 aliphatic carbocycles. The lowest BCUT2D eigenvalue weighted by molar-refractivity contribution is 0.0949. The summed E-state index contributed by atoms with van der Waals surface area (Å²) in [5.41, 5.74) is -0.654. The van der Waals surface area contributed by atoms with Gasteiger partial charge in [-0.15, -0.1) is 5.10 Å². The molecule has 0 bridgehead atoms. The van der Waals surface area contributed by atoms with Crippen molar-refractivity contribution in [2.45, 2.75) is 6.54 Å². The summed E-state index contributed by atoms with van der Waals surface area (Å²) < 4.78 is 3.95. The van der Waals surface area contributed by atoms with Crippen LogP contribution in [-0.2, 0) is 13.6 Å². The van der Waals surface area contributed by atoms with Crippen LogP contribution in [0.2, 0.25) is 0 Å². The number of carbonyl (C=O) groups is 1. The Bertz CT molecular complexity index is 1000. The maximum absolute atomic E-state index is 12.1. The minimum absolute atomic E-state index is 0.0432. The zero-order valence-corrected chi connectivity index (χ0v) is 13.4. The minimum Gasteiger partial charge on any atom is -0.350 e. The monoisotopic (exact) mass is 341 g/mol. The van der Waals surface area contributed by atoms with Crippen molar-refractivity contribution >= 4 is 5.91 Å². The van der Waals surface area contributed by atoms with E-state index in [2.05, 4.69) is 20.5 Å². The molecule has 0 spiro atoms. The SMILES string of the molecule is Cn1cccc(C(=O)NCCn2nc(-n3cncn3)ccc2=O)c1=O. The third kappa shape index (κ3) is 3.52. The van der Waals surface area contributed by atoms with Gasteiger partial charge < -0.3 is 9.88 Å². The molecule has 0 aliphatic rings. The molecule has 3 aromatic heterocycles. The van der Waals surface area contributed by atoms with Gasteiger partial charge in [0.25, 0.3) is 17.0 Å². The Kier molecular flexibility index (Phi) is 4.50. The van der Waals surface area contributed by atoms with Gasteiger partial charge in [0.05, 0.1) is 6.54 Å². The van der Waals surface area contributed by atoms with Gasteiger partial charge in [-0.3, -0.25) is 14.4 Å². The van der Waals surface area contributed by atoms with Crippen molar-refractivity contribution in [3.8, 4) is 5.82 Å². The molecule has 1 amide bonds. The second-order valence-corrected chi connectivity index (χ2v) is 5.19. The fourth-order valence-electron chi connectivity index (χ4n) is 2.19. The third-order valence-corrected chi connectivity index (χ3v) is 3.48. The third-order valence-electron chi connectivity index (χ3n) is 3.48. The Labute approximate surface area is 141 Å². The van der Waals surface area contributed by atoms with Crippen LogP contribution in [0.25, 0.3) is 5.82 Å². The maximum Gasteiger partial charge on any atom is 0.266 e. The summed E-state index contributed by atoms with van der Waals surface area (Å²) in [6.07, 6.45) is 4.39. The molecule has 0 fully saturated rings. The predicted octanol–water partition coefficient (Wildman–Crippen LogP) is -1.05. The van der Waals surface area contributed by atoms with Crippen LogP contribution >= 0.6 is 0 Å². The lowest BCUT2D eigenvalue weighted by atomic mass is 10.2. The summed E-state index contributed by atoms with van der Waals surface area (Å²) in [7, 11) is 1.57. The molecule has 10 heteroatoms. The average Bonchev–Trinajstić information content (AvgIpc) is 3.13. The first kappa shape index (κ1) is 16.3. The molecule has 128 valence electrons. The first-order valence-electron chi connectivity index (χ1n) is 7.43. The fourth-order valence-corrected chi connectivity index (χ4v) is 2.19. The number of hydrogen-bond acceptors (Lipinski definition) is 6. The highest BCUT2D eigenvalue weighted by Crippen LogP contribution is 1.96. The predicted molar refractivity (Wildman–Crippen MR) is 87.4 cm³/mol.